The minimum Gasteiger partial charge on any atom is -0.356 e. The van der Waals surface area contributed by atoms with Gasteiger partial charge in [-0.1, -0.05) is 23.7 Å². The smallest absolute Gasteiger partial charge is 0.226 e. The van der Waals surface area contributed by atoms with Gasteiger partial charge in [-0.2, -0.15) is 0 Å². The van der Waals surface area contributed by atoms with Crippen molar-refractivity contribution < 1.29 is 9.32 Å². The number of aromatic nitrogens is 1. The zero-order valence-electron chi connectivity index (χ0n) is 12.0. The number of rotatable bonds is 4. The maximum atomic E-state index is 12.1. The molecule has 110 valence electrons. The minimum absolute atomic E-state index is 0.0526. The van der Waals surface area contributed by atoms with Crippen LogP contribution in [-0.2, 0) is 11.2 Å². The first-order valence-corrected chi connectivity index (χ1v) is 7.89. The second-order valence-corrected chi connectivity index (χ2v) is 6.54. The van der Waals surface area contributed by atoms with Gasteiger partial charge in [0.15, 0.2) is 5.58 Å². The molecule has 1 aromatic carbocycles. The fourth-order valence-electron chi connectivity index (χ4n) is 4.15. The van der Waals surface area contributed by atoms with E-state index in [1.807, 2.05) is 24.3 Å². The fourth-order valence-corrected chi connectivity index (χ4v) is 4.15. The molecule has 0 unspecified atom stereocenters. The average molecular weight is 284 g/mol. The zero-order valence-corrected chi connectivity index (χ0v) is 12.0. The highest BCUT2D eigenvalue weighted by Crippen LogP contribution is 2.47. The lowest BCUT2D eigenvalue weighted by molar-refractivity contribution is -0.120. The third-order valence-electron chi connectivity index (χ3n) is 5.23. The fraction of sp³-hybridized carbons (Fsp3) is 0.529. The third kappa shape index (κ3) is 2.43. The number of carbonyl (C=O) groups excluding carboxylic acids is 1. The van der Waals surface area contributed by atoms with Crippen molar-refractivity contribution >= 4 is 16.9 Å². The predicted octanol–water partition coefficient (Wildman–Crippen LogP) is 2.92. The molecular formula is C17H20N2O2. The predicted molar refractivity (Wildman–Crippen MR) is 79.7 cm³/mol. The van der Waals surface area contributed by atoms with E-state index in [1.165, 1.54) is 25.7 Å². The maximum Gasteiger partial charge on any atom is 0.226 e. The van der Waals surface area contributed by atoms with Gasteiger partial charge >= 0.3 is 0 Å². The van der Waals surface area contributed by atoms with Crippen molar-refractivity contribution in [1.82, 2.24) is 10.5 Å². The highest BCUT2D eigenvalue weighted by molar-refractivity contribution is 5.86. The molecule has 21 heavy (non-hydrogen) atoms. The molecule has 2 aromatic rings. The Morgan fingerprint density at radius 1 is 1.29 bits per heavy atom. The lowest BCUT2D eigenvalue weighted by Gasteiger charge is -2.21. The molecule has 3 atom stereocenters. The zero-order chi connectivity index (χ0) is 14.2. The average Bonchev–Trinajstić information content (AvgIpc) is 3.21. The monoisotopic (exact) mass is 284 g/mol. The molecule has 0 saturated heterocycles. The lowest BCUT2D eigenvalue weighted by Crippen LogP contribution is -2.32. The molecule has 2 aliphatic carbocycles. The molecule has 4 rings (SSSR count). The Kier molecular flexibility index (Phi) is 3.17. The molecule has 1 aromatic heterocycles. The van der Waals surface area contributed by atoms with Crippen molar-refractivity contribution in [2.75, 3.05) is 6.54 Å². The molecule has 4 nitrogen and oxygen atoms in total. The third-order valence-corrected chi connectivity index (χ3v) is 5.23. The molecule has 4 heteroatoms. The number of hydrogen-bond donors (Lipinski definition) is 1. The number of benzene rings is 1. The first kappa shape index (κ1) is 12.9. The molecule has 2 bridgehead atoms. The number of carbonyl (C=O) groups is 1. The summed E-state index contributed by atoms with van der Waals surface area (Å²) in [6, 6.07) is 7.67. The highest BCUT2D eigenvalue weighted by Gasteiger charge is 2.39. The SMILES string of the molecule is O=C(Cc1noc2ccccc12)NC[C@H]1C[C@H]2CC[C@H]1C2. The Balaban J connectivity index is 1.35. The van der Waals surface area contributed by atoms with Crippen LogP contribution in [0.1, 0.15) is 31.4 Å². The molecule has 1 heterocycles. The summed E-state index contributed by atoms with van der Waals surface area (Å²) in [5.74, 6) is 2.53. The van der Waals surface area contributed by atoms with Gasteiger partial charge in [0, 0.05) is 11.9 Å². The van der Waals surface area contributed by atoms with E-state index in [4.69, 9.17) is 4.52 Å². The summed E-state index contributed by atoms with van der Waals surface area (Å²) in [7, 11) is 0. The first-order chi connectivity index (χ1) is 10.3. The quantitative estimate of drug-likeness (QED) is 0.939. The van der Waals surface area contributed by atoms with E-state index in [0.717, 1.165) is 35.0 Å². The van der Waals surface area contributed by atoms with Crippen molar-refractivity contribution in [3.05, 3.63) is 30.0 Å². The second-order valence-electron chi connectivity index (χ2n) is 6.54. The van der Waals surface area contributed by atoms with Crippen molar-refractivity contribution in [2.45, 2.75) is 32.1 Å². The standard InChI is InChI=1S/C17H20N2O2/c20-17(18-10-13-8-11-5-6-12(13)7-11)9-15-14-3-1-2-4-16(14)21-19-15/h1-4,11-13H,5-10H2,(H,18,20)/t11-,12-,13+/m0/s1. The van der Waals surface area contributed by atoms with Crippen LogP contribution in [0.15, 0.2) is 28.8 Å². The summed E-state index contributed by atoms with van der Waals surface area (Å²) in [5.41, 5.74) is 1.48. The Hall–Kier alpha value is -1.84. The molecule has 0 radical (unpaired) electrons. The summed E-state index contributed by atoms with van der Waals surface area (Å²) in [5, 5.41) is 8.05. The van der Waals surface area contributed by atoms with E-state index in [9.17, 15) is 4.79 Å². The lowest BCUT2D eigenvalue weighted by atomic mass is 9.89. The van der Waals surface area contributed by atoms with E-state index in [2.05, 4.69) is 10.5 Å². The number of hydrogen-bond acceptors (Lipinski definition) is 3. The number of fused-ring (bicyclic) bond motifs is 3. The normalized spacial score (nSPS) is 27.3. The van der Waals surface area contributed by atoms with Gasteiger partial charge in [-0.05, 0) is 49.1 Å². The van der Waals surface area contributed by atoms with Gasteiger partial charge < -0.3 is 9.84 Å². The van der Waals surface area contributed by atoms with E-state index in [0.29, 0.717) is 12.3 Å². The van der Waals surface area contributed by atoms with Crippen LogP contribution < -0.4 is 5.32 Å². The van der Waals surface area contributed by atoms with Gasteiger partial charge in [-0.25, -0.2) is 0 Å². The van der Waals surface area contributed by atoms with Gasteiger partial charge in [0.05, 0.1) is 6.42 Å². The van der Waals surface area contributed by atoms with Gasteiger partial charge in [0.25, 0.3) is 0 Å². The van der Waals surface area contributed by atoms with Crippen LogP contribution in [0.4, 0.5) is 0 Å². The van der Waals surface area contributed by atoms with Crippen LogP contribution >= 0.6 is 0 Å². The van der Waals surface area contributed by atoms with Crippen molar-refractivity contribution in [2.24, 2.45) is 17.8 Å². The Labute approximate surface area is 123 Å². The molecule has 2 fully saturated rings. The number of nitrogens with zero attached hydrogens (tertiary/aromatic N) is 1. The van der Waals surface area contributed by atoms with E-state index < -0.39 is 0 Å². The molecular weight excluding hydrogens is 264 g/mol. The Morgan fingerprint density at radius 2 is 2.19 bits per heavy atom. The molecule has 1 amide bonds. The molecule has 2 saturated carbocycles. The largest absolute Gasteiger partial charge is 0.356 e. The van der Waals surface area contributed by atoms with Gasteiger partial charge in [0.2, 0.25) is 5.91 Å². The van der Waals surface area contributed by atoms with Crippen LogP contribution in [-0.4, -0.2) is 17.6 Å². The van der Waals surface area contributed by atoms with Crippen molar-refractivity contribution in [1.29, 1.82) is 0 Å². The molecule has 0 spiro atoms. The van der Waals surface area contributed by atoms with Crippen molar-refractivity contribution in [3.8, 4) is 0 Å². The molecule has 0 aliphatic heterocycles. The maximum absolute atomic E-state index is 12.1. The van der Waals surface area contributed by atoms with Gasteiger partial charge in [-0.15, -0.1) is 0 Å². The van der Waals surface area contributed by atoms with E-state index >= 15 is 0 Å². The summed E-state index contributed by atoms with van der Waals surface area (Å²) in [4.78, 5) is 12.1. The molecule has 1 N–H and O–H groups in total. The second kappa shape index (κ2) is 5.17. The topological polar surface area (TPSA) is 55.1 Å². The van der Waals surface area contributed by atoms with Gasteiger partial charge in [0.1, 0.15) is 5.69 Å². The summed E-state index contributed by atoms with van der Waals surface area (Å²) < 4.78 is 5.24. The van der Waals surface area contributed by atoms with Crippen LogP contribution in [0.5, 0.6) is 0 Å². The van der Waals surface area contributed by atoms with Crippen LogP contribution in [0.25, 0.3) is 11.0 Å². The van der Waals surface area contributed by atoms with Crippen LogP contribution in [0.2, 0.25) is 0 Å². The summed E-state index contributed by atoms with van der Waals surface area (Å²) >= 11 is 0. The number of nitrogens with one attached hydrogen (secondary N) is 1. The summed E-state index contributed by atoms with van der Waals surface area (Å²) in [6.45, 7) is 0.829. The van der Waals surface area contributed by atoms with E-state index in [1.54, 1.807) is 0 Å². The van der Waals surface area contributed by atoms with Crippen molar-refractivity contribution in [3.63, 3.8) is 0 Å². The number of amides is 1. The first-order valence-electron chi connectivity index (χ1n) is 7.89. The Bertz CT molecular complexity index is 664. The summed E-state index contributed by atoms with van der Waals surface area (Å²) in [6.07, 6.45) is 5.75. The number of para-hydroxylation sites is 1. The molecule has 2 aliphatic rings. The highest BCUT2D eigenvalue weighted by atomic mass is 16.5. The Morgan fingerprint density at radius 3 is 3.00 bits per heavy atom. The minimum atomic E-state index is 0.0526. The van der Waals surface area contributed by atoms with Crippen LogP contribution in [0.3, 0.4) is 0 Å². The van der Waals surface area contributed by atoms with Gasteiger partial charge in [-0.3, -0.25) is 4.79 Å². The van der Waals surface area contributed by atoms with Crippen LogP contribution in [0, 0.1) is 17.8 Å². The van der Waals surface area contributed by atoms with E-state index in [-0.39, 0.29) is 5.91 Å².